The number of halogens is 4. The second-order valence-corrected chi connectivity index (χ2v) is 5.38. The molecule has 1 amide bonds. The number of aromatic nitrogens is 1. The minimum atomic E-state index is -4.39. The monoisotopic (exact) mass is 365 g/mol. The molecule has 0 fully saturated rings. The van der Waals surface area contributed by atoms with Crippen LogP contribution in [0.25, 0.3) is 11.3 Å². The van der Waals surface area contributed by atoms with Crippen LogP contribution < -0.4 is 10.6 Å². The Kier molecular flexibility index (Phi) is 6.99. The smallest absolute Gasteiger partial charge is 0.319 e. The van der Waals surface area contributed by atoms with Crippen molar-refractivity contribution in [3.05, 3.63) is 35.2 Å². The maximum Gasteiger partial charge on any atom is 0.416 e. The summed E-state index contributed by atoms with van der Waals surface area (Å²) in [4.78, 5) is 15.7. The lowest BCUT2D eigenvalue weighted by molar-refractivity contribution is -0.137. The van der Waals surface area contributed by atoms with Crippen molar-refractivity contribution in [3.8, 4) is 11.3 Å². The highest BCUT2D eigenvalue weighted by atomic mass is 35.5. The molecule has 1 aromatic carbocycles. The zero-order valence-corrected chi connectivity index (χ0v) is 13.7. The van der Waals surface area contributed by atoms with Gasteiger partial charge in [-0.1, -0.05) is 12.1 Å². The minimum Gasteiger partial charge on any atom is -0.319 e. The molecule has 2 aromatic rings. The molecule has 1 aromatic heterocycles. The molecule has 0 aliphatic rings. The predicted molar refractivity (Wildman–Crippen MR) is 87.0 cm³/mol. The van der Waals surface area contributed by atoms with Gasteiger partial charge in [0.25, 0.3) is 0 Å². The molecular weight excluding hydrogens is 351 g/mol. The van der Waals surface area contributed by atoms with Crippen LogP contribution in [0.4, 0.5) is 18.3 Å². The number of hydrogen-bond acceptors (Lipinski definition) is 4. The summed E-state index contributed by atoms with van der Waals surface area (Å²) in [6, 6.07) is 4.94. The molecule has 0 atom stereocenters. The van der Waals surface area contributed by atoms with Crippen LogP contribution in [0.2, 0.25) is 0 Å². The zero-order chi connectivity index (χ0) is 16.2. The Balaban J connectivity index is 0.00000264. The molecule has 0 bridgehead atoms. The molecule has 0 aliphatic carbocycles. The van der Waals surface area contributed by atoms with Crippen LogP contribution in [-0.4, -0.2) is 24.5 Å². The highest BCUT2D eigenvalue weighted by Gasteiger charge is 2.30. The van der Waals surface area contributed by atoms with E-state index in [1.807, 2.05) is 0 Å². The lowest BCUT2D eigenvalue weighted by Gasteiger charge is -2.07. The normalized spacial score (nSPS) is 11.0. The summed E-state index contributed by atoms with van der Waals surface area (Å²) in [5.74, 6) is -0.195. The first-order valence-electron chi connectivity index (χ1n) is 6.48. The van der Waals surface area contributed by atoms with Crippen molar-refractivity contribution in [1.29, 1.82) is 0 Å². The van der Waals surface area contributed by atoms with E-state index in [1.165, 1.54) is 17.4 Å². The Hall–Kier alpha value is -1.64. The lowest BCUT2D eigenvalue weighted by Crippen LogP contribution is -2.18. The number of anilines is 1. The molecule has 0 aliphatic heterocycles. The van der Waals surface area contributed by atoms with Gasteiger partial charge < -0.3 is 10.6 Å². The Morgan fingerprint density at radius 2 is 2.09 bits per heavy atom. The third-order valence-corrected chi connectivity index (χ3v) is 3.60. The molecule has 0 unspecified atom stereocenters. The van der Waals surface area contributed by atoms with Gasteiger partial charge in [0.2, 0.25) is 5.91 Å². The number of carbonyl (C=O) groups excluding carboxylic acids is 1. The molecule has 9 heteroatoms. The molecule has 4 nitrogen and oxygen atoms in total. The largest absolute Gasteiger partial charge is 0.416 e. The molecule has 2 rings (SSSR count). The van der Waals surface area contributed by atoms with Crippen LogP contribution in [0.5, 0.6) is 0 Å². The fourth-order valence-electron chi connectivity index (χ4n) is 1.74. The van der Waals surface area contributed by atoms with Gasteiger partial charge in [-0.3, -0.25) is 4.79 Å². The van der Waals surface area contributed by atoms with Gasteiger partial charge in [0.05, 0.1) is 11.3 Å². The summed E-state index contributed by atoms with van der Waals surface area (Å²) in [5.41, 5.74) is 0.0411. The van der Waals surface area contributed by atoms with Crippen LogP contribution in [0.3, 0.4) is 0 Å². The fraction of sp³-hybridized carbons (Fsp3) is 0.286. The van der Waals surface area contributed by atoms with Crippen molar-refractivity contribution in [2.75, 3.05) is 18.9 Å². The first kappa shape index (κ1) is 19.4. The average molecular weight is 366 g/mol. The summed E-state index contributed by atoms with van der Waals surface area (Å²) < 4.78 is 38.1. The highest BCUT2D eigenvalue weighted by Crippen LogP contribution is 2.33. The molecule has 0 spiro atoms. The summed E-state index contributed by atoms with van der Waals surface area (Å²) in [7, 11) is 1.74. The van der Waals surface area contributed by atoms with Crippen molar-refractivity contribution >= 4 is 34.8 Å². The third-order valence-electron chi connectivity index (χ3n) is 2.84. The first-order chi connectivity index (χ1) is 10.4. The van der Waals surface area contributed by atoms with Crippen LogP contribution in [-0.2, 0) is 11.0 Å². The zero-order valence-electron chi connectivity index (χ0n) is 12.1. The Morgan fingerprint density at radius 1 is 1.35 bits per heavy atom. The van der Waals surface area contributed by atoms with Gasteiger partial charge in [0.1, 0.15) is 0 Å². The molecule has 126 valence electrons. The fourth-order valence-corrected chi connectivity index (χ4v) is 2.47. The van der Waals surface area contributed by atoms with E-state index in [0.29, 0.717) is 29.4 Å². The Bertz CT molecular complexity index is 661. The van der Waals surface area contributed by atoms with E-state index in [2.05, 4.69) is 15.6 Å². The first-order valence-corrected chi connectivity index (χ1v) is 7.35. The molecule has 0 saturated heterocycles. The standard InChI is InChI=1S/C14H14F3N3OS.ClH/c1-18-6-5-12(21)20-13-19-11(8-22-13)9-3-2-4-10(7-9)14(15,16)17;/h2-4,7-8,18H,5-6H2,1H3,(H,19,20,21);1H. The van der Waals surface area contributed by atoms with Gasteiger partial charge in [-0.15, -0.1) is 23.7 Å². The molecule has 1 heterocycles. The average Bonchev–Trinajstić information content (AvgIpc) is 2.93. The van der Waals surface area contributed by atoms with Crippen molar-refractivity contribution < 1.29 is 18.0 Å². The highest BCUT2D eigenvalue weighted by molar-refractivity contribution is 7.14. The maximum absolute atomic E-state index is 12.7. The molecule has 23 heavy (non-hydrogen) atoms. The SMILES string of the molecule is CNCCC(=O)Nc1nc(-c2cccc(C(F)(F)F)c2)cs1.Cl. The lowest BCUT2D eigenvalue weighted by atomic mass is 10.1. The van der Waals surface area contributed by atoms with Gasteiger partial charge in [-0.2, -0.15) is 13.2 Å². The second kappa shape index (κ2) is 8.28. The number of amides is 1. The topological polar surface area (TPSA) is 54.0 Å². The van der Waals surface area contributed by atoms with Crippen molar-refractivity contribution in [1.82, 2.24) is 10.3 Å². The minimum absolute atomic E-state index is 0. The summed E-state index contributed by atoms with van der Waals surface area (Å²) in [6.07, 6.45) is -4.09. The molecular formula is C14H15ClF3N3OS. The van der Waals surface area contributed by atoms with Crippen LogP contribution >= 0.6 is 23.7 Å². The van der Waals surface area contributed by atoms with Crippen LogP contribution in [0, 0.1) is 0 Å². The van der Waals surface area contributed by atoms with Crippen LogP contribution in [0.15, 0.2) is 29.6 Å². The van der Waals surface area contributed by atoms with E-state index in [0.717, 1.165) is 12.1 Å². The van der Waals surface area contributed by atoms with E-state index < -0.39 is 11.7 Å². The summed E-state index contributed by atoms with van der Waals surface area (Å²) in [5, 5.41) is 7.45. The number of hydrogen-bond donors (Lipinski definition) is 2. The number of benzene rings is 1. The van der Waals surface area contributed by atoms with Gasteiger partial charge in [-0.25, -0.2) is 4.98 Å². The molecule has 0 radical (unpaired) electrons. The van der Waals surface area contributed by atoms with Crippen molar-refractivity contribution in [2.24, 2.45) is 0 Å². The summed E-state index contributed by atoms with van der Waals surface area (Å²) in [6.45, 7) is 0.539. The number of thiazole rings is 1. The number of nitrogens with one attached hydrogen (secondary N) is 2. The number of rotatable bonds is 5. The molecule has 0 saturated carbocycles. The Morgan fingerprint density at radius 3 is 2.74 bits per heavy atom. The number of alkyl halides is 3. The molecule has 2 N–H and O–H groups in total. The Labute approximate surface area is 141 Å². The van der Waals surface area contributed by atoms with Crippen LogP contribution in [0.1, 0.15) is 12.0 Å². The van der Waals surface area contributed by atoms with E-state index in [1.54, 1.807) is 18.5 Å². The quantitative estimate of drug-likeness (QED) is 0.847. The van der Waals surface area contributed by atoms with Gasteiger partial charge in [0, 0.05) is 23.9 Å². The second-order valence-electron chi connectivity index (χ2n) is 4.52. The van der Waals surface area contributed by atoms with Gasteiger partial charge >= 0.3 is 6.18 Å². The van der Waals surface area contributed by atoms with E-state index >= 15 is 0 Å². The van der Waals surface area contributed by atoms with E-state index in [9.17, 15) is 18.0 Å². The van der Waals surface area contributed by atoms with E-state index in [4.69, 9.17) is 0 Å². The van der Waals surface area contributed by atoms with Crippen molar-refractivity contribution in [3.63, 3.8) is 0 Å². The maximum atomic E-state index is 12.7. The third kappa shape index (κ3) is 5.49. The van der Waals surface area contributed by atoms with Crippen molar-refractivity contribution in [2.45, 2.75) is 12.6 Å². The van der Waals surface area contributed by atoms with E-state index in [-0.39, 0.29) is 18.3 Å². The van der Waals surface area contributed by atoms with Gasteiger partial charge in [0.15, 0.2) is 5.13 Å². The predicted octanol–water partition coefficient (Wildman–Crippen LogP) is 3.80. The van der Waals surface area contributed by atoms with Gasteiger partial charge in [-0.05, 0) is 19.2 Å². The number of nitrogens with zero attached hydrogens (tertiary/aromatic N) is 1. The number of carbonyl (C=O) groups is 1. The summed E-state index contributed by atoms with van der Waals surface area (Å²) >= 11 is 1.17.